The second-order valence-corrected chi connectivity index (χ2v) is 3.83. The summed E-state index contributed by atoms with van der Waals surface area (Å²) in [6, 6.07) is 6.25. The Hall–Kier alpha value is -1.69. The van der Waals surface area contributed by atoms with Crippen molar-refractivity contribution >= 4 is 5.69 Å². The van der Waals surface area contributed by atoms with Crippen LogP contribution in [-0.4, -0.2) is 13.7 Å². The van der Waals surface area contributed by atoms with Crippen LogP contribution in [0.5, 0.6) is 5.75 Å². The molecular formula is C13H18N2O. The molecule has 16 heavy (non-hydrogen) atoms. The van der Waals surface area contributed by atoms with Gasteiger partial charge in [-0.15, -0.1) is 0 Å². The van der Waals surface area contributed by atoms with E-state index >= 15 is 0 Å². The highest BCUT2D eigenvalue weighted by atomic mass is 16.5. The third-order valence-corrected chi connectivity index (χ3v) is 2.52. The summed E-state index contributed by atoms with van der Waals surface area (Å²) >= 11 is 0. The first-order valence-corrected chi connectivity index (χ1v) is 5.45. The van der Waals surface area contributed by atoms with Crippen LogP contribution in [0.2, 0.25) is 0 Å². The number of nitriles is 1. The molecule has 0 fully saturated rings. The molecule has 0 unspecified atom stereocenters. The molecule has 0 aromatic heterocycles. The molecule has 86 valence electrons. The Bertz CT molecular complexity index is 394. The number of ether oxygens (including phenoxy) is 1. The maximum atomic E-state index is 8.44. The second-order valence-electron chi connectivity index (χ2n) is 3.83. The normalized spacial score (nSPS) is 9.62. The van der Waals surface area contributed by atoms with E-state index < -0.39 is 0 Å². The summed E-state index contributed by atoms with van der Waals surface area (Å²) in [4.78, 5) is 0. The van der Waals surface area contributed by atoms with Gasteiger partial charge in [-0.05, 0) is 43.5 Å². The predicted octanol–water partition coefficient (Wildman–Crippen LogP) is 3.03. The molecule has 0 spiro atoms. The molecule has 0 bridgehead atoms. The minimum atomic E-state index is 0.598. The fourth-order valence-electron chi connectivity index (χ4n) is 1.59. The van der Waals surface area contributed by atoms with E-state index in [0.717, 1.165) is 30.0 Å². The Balaban J connectivity index is 2.67. The molecule has 0 saturated heterocycles. The maximum absolute atomic E-state index is 8.44. The summed E-state index contributed by atoms with van der Waals surface area (Å²) in [5.74, 6) is 0.917. The monoisotopic (exact) mass is 218 g/mol. The molecular weight excluding hydrogens is 200 g/mol. The molecule has 1 rings (SSSR count). The van der Waals surface area contributed by atoms with Crippen molar-refractivity contribution in [1.29, 1.82) is 5.26 Å². The lowest BCUT2D eigenvalue weighted by Crippen LogP contribution is -2.03. The summed E-state index contributed by atoms with van der Waals surface area (Å²) in [7, 11) is 1.68. The summed E-state index contributed by atoms with van der Waals surface area (Å²) in [5.41, 5.74) is 3.41. The second kappa shape index (κ2) is 6.02. The van der Waals surface area contributed by atoms with E-state index in [1.165, 1.54) is 5.56 Å². The minimum Gasteiger partial charge on any atom is -0.496 e. The zero-order chi connectivity index (χ0) is 12.0. The highest BCUT2D eigenvalue weighted by Gasteiger charge is 2.03. The van der Waals surface area contributed by atoms with Gasteiger partial charge in [-0.3, -0.25) is 0 Å². The largest absolute Gasteiger partial charge is 0.496 e. The topological polar surface area (TPSA) is 45.0 Å². The first kappa shape index (κ1) is 12.4. The van der Waals surface area contributed by atoms with Crippen molar-refractivity contribution in [3.05, 3.63) is 23.3 Å². The fourth-order valence-corrected chi connectivity index (χ4v) is 1.59. The van der Waals surface area contributed by atoms with E-state index in [9.17, 15) is 0 Å². The van der Waals surface area contributed by atoms with Gasteiger partial charge in [-0.2, -0.15) is 5.26 Å². The average Bonchev–Trinajstić information content (AvgIpc) is 2.28. The molecule has 0 amide bonds. The van der Waals surface area contributed by atoms with Gasteiger partial charge >= 0.3 is 0 Å². The molecule has 0 saturated carbocycles. The van der Waals surface area contributed by atoms with E-state index in [4.69, 9.17) is 10.00 Å². The highest BCUT2D eigenvalue weighted by molar-refractivity contribution is 5.56. The molecule has 1 N–H and O–H groups in total. The Morgan fingerprint density at radius 1 is 1.31 bits per heavy atom. The molecule has 0 aliphatic heterocycles. The van der Waals surface area contributed by atoms with E-state index in [1.54, 1.807) is 7.11 Å². The average molecular weight is 218 g/mol. The Morgan fingerprint density at radius 3 is 2.69 bits per heavy atom. The zero-order valence-electron chi connectivity index (χ0n) is 10.1. The number of aryl methyl sites for hydroxylation is 2. The van der Waals surface area contributed by atoms with Gasteiger partial charge in [-0.25, -0.2) is 0 Å². The van der Waals surface area contributed by atoms with Crippen molar-refractivity contribution in [2.24, 2.45) is 0 Å². The van der Waals surface area contributed by atoms with Gasteiger partial charge in [-0.1, -0.05) is 0 Å². The molecule has 3 nitrogen and oxygen atoms in total. The number of unbranched alkanes of at least 4 members (excludes halogenated alkanes) is 1. The predicted molar refractivity (Wildman–Crippen MR) is 65.8 cm³/mol. The number of nitrogens with zero attached hydrogens (tertiary/aromatic N) is 1. The molecule has 0 aliphatic carbocycles. The van der Waals surface area contributed by atoms with E-state index in [0.29, 0.717) is 6.42 Å². The third kappa shape index (κ3) is 3.16. The number of methoxy groups -OCH3 is 1. The SMILES string of the molecule is COc1cc(C)c(NCCCC#N)cc1C. The Kier molecular flexibility index (Phi) is 4.65. The van der Waals surface area contributed by atoms with Crippen molar-refractivity contribution in [2.45, 2.75) is 26.7 Å². The Morgan fingerprint density at radius 2 is 2.06 bits per heavy atom. The van der Waals surface area contributed by atoms with Crippen LogP contribution in [0, 0.1) is 25.2 Å². The van der Waals surface area contributed by atoms with Gasteiger partial charge in [0.2, 0.25) is 0 Å². The lowest BCUT2D eigenvalue weighted by Gasteiger charge is -2.12. The van der Waals surface area contributed by atoms with Crippen LogP contribution in [0.3, 0.4) is 0 Å². The van der Waals surface area contributed by atoms with E-state index in [1.807, 2.05) is 13.0 Å². The van der Waals surface area contributed by atoms with Gasteiger partial charge in [0.25, 0.3) is 0 Å². The van der Waals surface area contributed by atoms with Gasteiger partial charge in [0, 0.05) is 18.7 Å². The van der Waals surface area contributed by atoms with Crippen LogP contribution >= 0.6 is 0 Å². The standard InChI is InChI=1S/C13H18N2O/c1-10-9-13(16-3)11(2)8-12(10)15-7-5-4-6-14/h8-9,15H,4-5,7H2,1-3H3. The zero-order valence-corrected chi connectivity index (χ0v) is 10.1. The molecule has 3 heteroatoms. The van der Waals surface area contributed by atoms with Crippen LogP contribution in [0.25, 0.3) is 0 Å². The minimum absolute atomic E-state index is 0.598. The lowest BCUT2D eigenvalue weighted by molar-refractivity contribution is 0.411. The van der Waals surface area contributed by atoms with Gasteiger partial charge in [0.1, 0.15) is 5.75 Å². The van der Waals surface area contributed by atoms with Crippen molar-refractivity contribution in [2.75, 3.05) is 19.0 Å². The molecule has 0 radical (unpaired) electrons. The summed E-state index contributed by atoms with van der Waals surface area (Å²) in [5, 5.41) is 11.8. The molecule has 0 atom stereocenters. The van der Waals surface area contributed by atoms with Crippen LogP contribution < -0.4 is 10.1 Å². The van der Waals surface area contributed by atoms with Gasteiger partial charge in [0.15, 0.2) is 0 Å². The van der Waals surface area contributed by atoms with Crippen molar-refractivity contribution < 1.29 is 4.74 Å². The van der Waals surface area contributed by atoms with Crippen LogP contribution in [0.1, 0.15) is 24.0 Å². The van der Waals surface area contributed by atoms with E-state index in [2.05, 4.69) is 24.4 Å². The number of benzene rings is 1. The number of nitrogens with one attached hydrogen (secondary N) is 1. The van der Waals surface area contributed by atoms with Crippen LogP contribution in [0.15, 0.2) is 12.1 Å². The molecule has 1 aromatic carbocycles. The van der Waals surface area contributed by atoms with Gasteiger partial charge in [0.05, 0.1) is 13.2 Å². The number of anilines is 1. The molecule has 0 aliphatic rings. The van der Waals surface area contributed by atoms with Crippen molar-refractivity contribution in [3.8, 4) is 11.8 Å². The van der Waals surface area contributed by atoms with Crippen LogP contribution in [-0.2, 0) is 0 Å². The fraction of sp³-hybridized carbons (Fsp3) is 0.462. The van der Waals surface area contributed by atoms with E-state index in [-0.39, 0.29) is 0 Å². The number of rotatable bonds is 5. The summed E-state index contributed by atoms with van der Waals surface area (Å²) in [6.07, 6.45) is 1.47. The van der Waals surface area contributed by atoms with Crippen LogP contribution in [0.4, 0.5) is 5.69 Å². The summed E-state index contributed by atoms with van der Waals surface area (Å²) < 4.78 is 5.25. The smallest absolute Gasteiger partial charge is 0.122 e. The Labute approximate surface area is 97.0 Å². The number of hydrogen-bond acceptors (Lipinski definition) is 3. The molecule has 1 aromatic rings. The first-order valence-electron chi connectivity index (χ1n) is 5.45. The maximum Gasteiger partial charge on any atom is 0.122 e. The third-order valence-electron chi connectivity index (χ3n) is 2.52. The lowest BCUT2D eigenvalue weighted by atomic mass is 10.1. The molecule has 0 heterocycles. The quantitative estimate of drug-likeness (QED) is 0.773. The first-order chi connectivity index (χ1) is 7.69. The number of hydrogen-bond donors (Lipinski definition) is 1. The highest BCUT2D eigenvalue weighted by Crippen LogP contribution is 2.25. The van der Waals surface area contributed by atoms with Crippen molar-refractivity contribution in [1.82, 2.24) is 0 Å². The summed E-state index contributed by atoms with van der Waals surface area (Å²) in [6.45, 7) is 4.91. The van der Waals surface area contributed by atoms with Gasteiger partial charge < -0.3 is 10.1 Å². The van der Waals surface area contributed by atoms with Crippen molar-refractivity contribution in [3.63, 3.8) is 0 Å².